The molecular weight excluding hydrogens is 374 g/mol. The van der Waals surface area contributed by atoms with Crippen molar-refractivity contribution in [2.75, 3.05) is 0 Å². The molecule has 1 amide bonds. The van der Waals surface area contributed by atoms with E-state index in [-0.39, 0.29) is 17.5 Å². The van der Waals surface area contributed by atoms with Crippen molar-refractivity contribution in [2.45, 2.75) is 31.0 Å². The molecule has 132 valence electrons. The fourth-order valence-corrected chi connectivity index (χ4v) is 3.57. The maximum absolute atomic E-state index is 13.1. The summed E-state index contributed by atoms with van der Waals surface area (Å²) in [5.74, 6) is -0.764. The molecule has 2 aromatic rings. The van der Waals surface area contributed by atoms with Gasteiger partial charge in [-0.1, -0.05) is 41.4 Å². The van der Waals surface area contributed by atoms with E-state index in [0.29, 0.717) is 16.5 Å². The highest BCUT2D eigenvalue weighted by molar-refractivity contribution is 6.35. The van der Waals surface area contributed by atoms with E-state index in [0.717, 1.165) is 18.1 Å². The van der Waals surface area contributed by atoms with Gasteiger partial charge >= 0.3 is 6.18 Å². The molecule has 1 aliphatic carbocycles. The standard InChI is InChI=1S/C18H14Cl2F3NO/c19-10-5-6-11(15(20)9-10)12-7-8-16(12)24-17(25)13-3-1-2-4-14(13)18(21,22)23/h1-6,9,12,16H,7-8H2,(H,24,25)/t12?,16-/m1/s1. The zero-order valence-corrected chi connectivity index (χ0v) is 14.4. The summed E-state index contributed by atoms with van der Waals surface area (Å²) in [6.07, 6.45) is -3.09. The second-order valence-corrected chi connectivity index (χ2v) is 6.82. The highest BCUT2D eigenvalue weighted by Crippen LogP contribution is 2.41. The number of halogens is 5. The summed E-state index contributed by atoms with van der Waals surface area (Å²) < 4.78 is 39.2. The van der Waals surface area contributed by atoms with Gasteiger partial charge in [0.1, 0.15) is 0 Å². The van der Waals surface area contributed by atoms with Crippen LogP contribution in [-0.4, -0.2) is 11.9 Å². The lowest BCUT2D eigenvalue weighted by atomic mass is 9.75. The Kier molecular flexibility index (Phi) is 4.98. The van der Waals surface area contributed by atoms with Crippen LogP contribution in [0.2, 0.25) is 10.0 Å². The molecule has 7 heteroatoms. The number of carbonyl (C=O) groups excluding carboxylic acids is 1. The number of amides is 1. The van der Waals surface area contributed by atoms with E-state index < -0.39 is 17.6 Å². The van der Waals surface area contributed by atoms with E-state index in [1.165, 1.54) is 18.2 Å². The zero-order valence-electron chi connectivity index (χ0n) is 12.9. The van der Waals surface area contributed by atoms with Crippen LogP contribution in [0.5, 0.6) is 0 Å². The fourth-order valence-electron chi connectivity index (χ4n) is 3.02. The molecule has 3 rings (SSSR count). The molecule has 2 atom stereocenters. The van der Waals surface area contributed by atoms with Gasteiger partial charge in [-0.2, -0.15) is 13.2 Å². The molecule has 1 fully saturated rings. The van der Waals surface area contributed by atoms with Crippen molar-refractivity contribution in [3.63, 3.8) is 0 Å². The van der Waals surface area contributed by atoms with E-state index >= 15 is 0 Å². The lowest BCUT2D eigenvalue weighted by Crippen LogP contribution is -2.45. The van der Waals surface area contributed by atoms with Crippen molar-refractivity contribution in [2.24, 2.45) is 0 Å². The molecule has 2 nitrogen and oxygen atoms in total. The fraction of sp³-hybridized carbons (Fsp3) is 0.278. The minimum absolute atomic E-state index is 0.0354. The summed E-state index contributed by atoms with van der Waals surface area (Å²) in [5.41, 5.74) is -0.470. The summed E-state index contributed by atoms with van der Waals surface area (Å²) in [4.78, 5) is 12.4. The first-order valence-electron chi connectivity index (χ1n) is 7.69. The highest BCUT2D eigenvalue weighted by atomic mass is 35.5. The van der Waals surface area contributed by atoms with E-state index in [4.69, 9.17) is 23.2 Å². The predicted octanol–water partition coefficient (Wildman–Crippen LogP) is 5.69. The number of rotatable bonds is 3. The van der Waals surface area contributed by atoms with Crippen LogP contribution < -0.4 is 5.32 Å². The number of hydrogen-bond donors (Lipinski definition) is 1. The van der Waals surface area contributed by atoms with Crippen molar-refractivity contribution in [3.05, 3.63) is 69.2 Å². The van der Waals surface area contributed by atoms with Crippen LogP contribution in [-0.2, 0) is 6.18 Å². The van der Waals surface area contributed by atoms with Crippen LogP contribution in [0.1, 0.15) is 40.2 Å². The Balaban J connectivity index is 1.78. The first-order valence-corrected chi connectivity index (χ1v) is 8.45. The van der Waals surface area contributed by atoms with Crippen molar-refractivity contribution in [1.29, 1.82) is 0 Å². The summed E-state index contributed by atoms with van der Waals surface area (Å²) in [5, 5.41) is 3.70. The first kappa shape index (κ1) is 18.1. The predicted molar refractivity (Wildman–Crippen MR) is 91.1 cm³/mol. The van der Waals surface area contributed by atoms with Gasteiger partial charge in [0, 0.05) is 22.0 Å². The molecule has 2 aromatic carbocycles. The van der Waals surface area contributed by atoms with Crippen molar-refractivity contribution >= 4 is 29.1 Å². The minimum Gasteiger partial charge on any atom is -0.349 e. The third kappa shape index (κ3) is 3.77. The van der Waals surface area contributed by atoms with E-state index in [1.54, 1.807) is 18.2 Å². The van der Waals surface area contributed by atoms with E-state index in [9.17, 15) is 18.0 Å². The average molecular weight is 388 g/mol. The van der Waals surface area contributed by atoms with Crippen molar-refractivity contribution < 1.29 is 18.0 Å². The largest absolute Gasteiger partial charge is 0.417 e. The van der Waals surface area contributed by atoms with Crippen LogP contribution >= 0.6 is 23.2 Å². The summed E-state index contributed by atoms with van der Waals surface area (Å²) in [7, 11) is 0. The van der Waals surface area contributed by atoms with Crippen molar-refractivity contribution in [1.82, 2.24) is 5.32 Å². The molecule has 1 N–H and O–H groups in total. The molecule has 0 saturated heterocycles. The Labute approximate surface area is 152 Å². The smallest absolute Gasteiger partial charge is 0.349 e. The number of carbonyl (C=O) groups is 1. The maximum Gasteiger partial charge on any atom is 0.417 e. The third-order valence-electron chi connectivity index (χ3n) is 4.43. The van der Waals surface area contributed by atoms with Crippen LogP contribution in [0.15, 0.2) is 42.5 Å². The molecule has 0 heterocycles. The van der Waals surface area contributed by atoms with Crippen LogP contribution in [0.3, 0.4) is 0 Å². The lowest BCUT2D eigenvalue weighted by molar-refractivity contribution is -0.137. The zero-order chi connectivity index (χ0) is 18.2. The Morgan fingerprint density at radius 3 is 2.40 bits per heavy atom. The normalized spacial score (nSPS) is 20.0. The van der Waals surface area contributed by atoms with Crippen LogP contribution in [0.25, 0.3) is 0 Å². The van der Waals surface area contributed by atoms with Gasteiger partial charge in [0.2, 0.25) is 0 Å². The van der Waals surface area contributed by atoms with Crippen LogP contribution in [0, 0.1) is 0 Å². The molecule has 0 aliphatic heterocycles. The number of nitrogens with one attached hydrogen (secondary N) is 1. The topological polar surface area (TPSA) is 29.1 Å². The van der Waals surface area contributed by atoms with Gasteiger partial charge in [0.15, 0.2) is 0 Å². The Morgan fingerprint density at radius 1 is 1.08 bits per heavy atom. The third-order valence-corrected chi connectivity index (χ3v) is 4.99. The Bertz CT molecular complexity index is 807. The van der Waals surface area contributed by atoms with E-state index in [1.807, 2.05) is 0 Å². The summed E-state index contributed by atoms with van der Waals surface area (Å²) >= 11 is 12.1. The Morgan fingerprint density at radius 2 is 1.80 bits per heavy atom. The van der Waals surface area contributed by atoms with Gasteiger partial charge in [0.25, 0.3) is 5.91 Å². The number of benzene rings is 2. The van der Waals surface area contributed by atoms with E-state index in [2.05, 4.69) is 5.32 Å². The SMILES string of the molecule is O=C(N[C@@H]1CCC1c1ccc(Cl)cc1Cl)c1ccccc1C(F)(F)F. The molecule has 0 radical (unpaired) electrons. The quantitative estimate of drug-likeness (QED) is 0.719. The van der Waals surface area contributed by atoms with Gasteiger partial charge in [0.05, 0.1) is 11.1 Å². The second-order valence-electron chi connectivity index (χ2n) is 5.97. The highest BCUT2D eigenvalue weighted by Gasteiger charge is 2.38. The van der Waals surface area contributed by atoms with Gasteiger partial charge < -0.3 is 5.32 Å². The van der Waals surface area contributed by atoms with Gasteiger partial charge in [-0.15, -0.1) is 0 Å². The summed E-state index contributed by atoms with van der Waals surface area (Å²) in [6.45, 7) is 0. The average Bonchev–Trinajstić information content (AvgIpc) is 2.53. The van der Waals surface area contributed by atoms with Crippen LogP contribution in [0.4, 0.5) is 13.2 Å². The number of alkyl halides is 3. The first-order chi connectivity index (χ1) is 11.8. The molecule has 1 aliphatic rings. The molecule has 0 spiro atoms. The number of hydrogen-bond acceptors (Lipinski definition) is 1. The second kappa shape index (κ2) is 6.89. The van der Waals surface area contributed by atoms with Gasteiger partial charge in [-0.05, 0) is 42.7 Å². The van der Waals surface area contributed by atoms with Gasteiger partial charge in [-0.25, -0.2) is 0 Å². The monoisotopic (exact) mass is 387 g/mol. The van der Waals surface area contributed by atoms with Crippen molar-refractivity contribution in [3.8, 4) is 0 Å². The summed E-state index contributed by atoms with van der Waals surface area (Å²) in [6, 6.07) is 9.62. The lowest BCUT2D eigenvalue weighted by Gasteiger charge is -2.38. The molecule has 1 unspecified atom stereocenters. The minimum atomic E-state index is -4.58. The molecular formula is C18H14Cl2F3NO. The maximum atomic E-state index is 13.1. The molecule has 1 saturated carbocycles. The Hall–Kier alpha value is -1.72. The molecule has 25 heavy (non-hydrogen) atoms. The molecule has 0 aromatic heterocycles. The van der Waals surface area contributed by atoms with Gasteiger partial charge in [-0.3, -0.25) is 4.79 Å². The molecule has 0 bridgehead atoms.